The van der Waals surface area contributed by atoms with Crippen molar-refractivity contribution in [2.45, 2.75) is 12.8 Å². The summed E-state index contributed by atoms with van der Waals surface area (Å²) in [5, 5.41) is 2.18. The Balaban J connectivity index is 1.76. The second-order valence-corrected chi connectivity index (χ2v) is 7.48. The lowest BCUT2D eigenvalue weighted by Gasteiger charge is -2.30. The first-order chi connectivity index (χ1) is 14.1. The van der Waals surface area contributed by atoms with Gasteiger partial charge >= 0.3 is 5.97 Å². The van der Waals surface area contributed by atoms with Crippen LogP contribution < -0.4 is 0 Å². The van der Waals surface area contributed by atoms with Crippen LogP contribution in [0.15, 0.2) is 77.3 Å². The van der Waals surface area contributed by atoms with Crippen molar-refractivity contribution in [3.63, 3.8) is 0 Å². The molecule has 3 aromatic carbocycles. The average molecular weight is 381 g/mol. The summed E-state index contributed by atoms with van der Waals surface area (Å²) >= 11 is 0. The van der Waals surface area contributed by atoms with Gasteiger partial charge in [0.1, 0.15) is 5.92 Å². The van der Waals surface area contributed by atoms with Gasteiger partial charge in [-0.25, -0.2) is 0 Å². The molecular weight excluding hydrogens is 362 g/mol. The molecule has 4 heteroatoms. The van der Waals surface area contributed by atoms with Crippen molar-refractivity contribution in [3.05, 3.63) is 89.0 Å². The molecule has 5 rings (SSSR count). The molecular formula is C25H19NO3. The van der Waals surface area contributed by atoms with Crippen molar-refractivity contribution in [2.75, 3.05) is 7.11 Å². The van der Waals surface area contributed by atoms with Crippen LogP contribution in [0.1, 0.15) is 34.3 Å². The number of carbonyl (C=O) groups is 2. The lowest BCUT2D eigenvalue weighted by molar-refractivity contribution is -0.143. The molecule has 2 aliphatic rings. The number of rotatable bonds is 2. The molecule has 0 radical (unpaired) electrons. The third kappa shape index (κ3) is 2.56. The average Bonchev–Trinajstić information content (AvgIpc) is 3.04. The second-order valence-electron chi connectivity index (χ2n) is 7.48. The number of fused-ring (bicyclic) bond motifs is 3. The molecule has 0 spiro atoms. The van der Waals surface area contributed by atoms with E-state index in [1.807, 2.05) is 67.6 Å². The number of benzene rings is 3. The SMILES string of the molecule is COC(=O)C1C(C)=NC2=C(C(=O)c3ccccc32)[C@H]1c1ccc2ccccc2c1. The maximum atomic E-state index is 13.4. The number of allylic oxidation sites excluding steroid dienone is 1. The van der Waals surface area contributed by atoms with E-state index in [9.17, 15) is 9.59 Å². The molecule has 4 nitrogen and oxygen atoms in total. The van der Waals surface area contributed by atoms with Crippen molar-refractivity contribution >= 4 is 33.9 Å². The highest BCUT2D eigenvalue weighted by atomic mass is 16.5. The van der Waals surface area contributed by atoms with Crippen molar-refractivity contribution in [2.24, 2.45) is 10.9 Å². The Hall–Kier alpha value is -3.53. The van der Waals surface area contributed by atoms with Gasteiger partial charge in [0.2, 0.25) is 0 Å². The topological polar surface area (TPSA) is 55.7 Å². The highest BCUT2D eigenvalue weighted by molar-refractivity contribution is 6.24. The predicted molar refractivity (Wildman–Crippen MR) is 113 cm³/mol. The minimum atomic E-state index is -0.627. The van der Waals surface area contributed by atoms with Crippen LogP contribution in [0.5, 0.6) is 0 Å². The van der Waals surface area contributed by atoms with E-state index in [1.54, 1.807) is 0 Å². The monoisotopic (exact) mass is 381 g/mol. The summed E-state index contributed by atoms with van der Waals surface area (Å²) in [4.78, 5) is 30.8. The van der Waals surface area contributed by atoms with E-state index in [1.165, 1.54) is 7.11 Å². The first-order valence-corrected chi connectivity index (χ1v) is 9.60. The van der Waals surface area contributed by atoms with Crippen LogP contribution in [0.4, 0.5) is 0 Å². The predicted octanol–water partition coefficient (Wildman–Crippen LogP) is 4.79. The molecule has 1 heterocycles. The maximum absolute atomic E-state index is 13.4. The molecule has 0 saturated heterocycles. The molecule has 0 aromatic heterocycles. The van der Waals surface area contributed by atoms with Gasteiger partial charge in [0, 0.05) is 28.3 Å². The zero-order valence-corrected chi connectivity index (χ0v) is 16.2. The first-order valence-electron chi connectivity index (χ1n) is 9.60. The Bertz CT molecular complexity index is 1250. The summed E-state index contributed by atoms with van der Waals surface area (Å²) in [6.45, 7) is 1.84. The molecule has 1 aliphatic heterocycles. The third-order valence-electron chi connectivity index (χ3n) is 5.90. The minimum Gasteiger partial charge on any atom is -0.468 e. The number of Topliss-reactive ketones (excluding diaryl/α,β-unsaturated/α-hetero) is 1. The number of aliphatic imine (C=N–C) groups is 1. The summed E-state index contributed by atoms with van der Waals surface area (Å²) in [7, 11) is 1.38. The molecule has 2 atom stereocenters. The number of methoxy groups -OCH3 is 1. The number of esters is 1. The fraction of sp³-hybridized carbons (Fsp3) is 0.160. The Morgan fingerprint density at radius 2 is 1.62 bits per heavy atom. The van der Waals surface area contributed by atoms with Crippen LogP contribution in [-0.4, -0.2) is 24.6 Å². The van der Waals surface area contributed by atoms with Crippen molar-refractivity contribution in [1.29, 1.82) is 0 Å². The van der Waals surface area contributed by atoms with Gasteiger partial charge in [-0.3, -0.25) is 14.6 Å². The molecule has 3 aromatic rings. The van der Waals surface area contributed by atoms with Crippen molar-refractivity contribution < 1.29 is 14.3 Å². The molecule has 0 N–H and O–H groups in total. The lowest BCUT2D eigenvalue weighted by Crippen LogP contribution is -2.34. The van der Waals surface area contributed by atoms with Crippen LogP contribution in [0, 0.1) is 5.92 Å². The van der Waals surface area contributed by atoms with Crippen LogP contribution in [-0.2, 0) is 9.53 Å². The number of hydrogen-bond donors (Lipinski definition) is 0. The molecule has 0 fully saturated rings. The molecule has 0 bridgehead atoms. The first kappa shape index (κ1) is 17.6. The van der Waals surface area contributed by atoms with Gasteiger partial charge in [-0.15, -0.1) is 0 Å². The zero-order valence-electron chi connectivity index (χ0n) is 16.2. The van der Waals surface area contributed by atoms with Gasteiger partial charge in [0.25, 0.3) is 0 Å². The van der Waals surface area contributed by atoms with Gasteiger partial charge in [-0.1, -0.05) is 66.7 Å². The van der Waals surface area contributed by atoms with Crippen LogP contribution in [0.3, 0.4) is 0 Å². The second kappa shape index (κ2) is 6.52. The highest BCUT2D eigenvalue weighted by Crippen LogP contribution is 2.48. The summed E-state index contributed by atoms with van der Waals surface area (Å²) in [5.41, 5.74) is 4.33. The van der Waals surface area contributed by atoms with Gasteiger partial charge < -0.3 is 4.74 Å². The minimum absolute atomic E-state index is 0.0566. The lowest BCUT2D eigenvalue weighted by atomic mass is 9.75. The molecule has 1 aliphatic carbocycles. The summed E-state index contributed by atoms with van der Waals surface area (Å²) in [6.07, 6.45) is 0. The van der Waals surface area contributed by atoms with Crippen LogP contribution in [0.2, 0.25) is 0 Å². The molecule has 0 amide bonds. The molecule has 29 heavy (non-hydrogen) atoms. The summed E-state index contributed by atoms with van der Waals surface area (Å²) in [6, 6.07) is 21.7. The van der Waals surface area contributed by atoms with E-state index in [0.29, 0.717) is 22.5 Å². The fourth-order valence-corrected chi connectivity index (χ4v) is 4.54. The Kier molecular flexibility index (Phi) is 3.95. The van der Waals surface area contributed by atoms with Gasteiger partial charge in [0.05, 0.1) is 12.8 Å². The van der Waals surface area contributed by atoms with Crippen LogP contribution >= 0.6 is 0 Å². The third-order valence-corrected chi connectivity index (χ3v) is 5.90. The van der Waals surface area contributed by atoms with Gasteiger partial charge in [0.15, 0.2) is 5.78 Å². The van der Waals surface area contributed by atoms with Crippen molar-refractivity contribution in [1.82, 2.24) is 0 Å². The van der Waals surface area contributed by atoms with Gasteiger partial charge in [-0.05, 0) is 23.3 Å². The van der Waals surface area contributed by atoms with E-state index in [-0.39, 0.29) is 11.8 Å². The van der Waals surface area contributed by atoms with E-state index in [0.717, 1.165) is 21.9 Å². The van der Waals surface area contributed by atoms with Gasteiger partial charge in [-0.2, -0.15) is 0 Å². The maximum Gasteiger partial charge on any atom is 0.315 e. The highest BCUT2D eigenvalue weighted by Gasteiger charge is 2.45. The van der Waals surface area contributed by atoms with E-state index in [4.69, 9.17) is 9.73 Å². The fourth-order valence-electron chi connectivity index (χ4n) is 4.54. The molecule has 0 saturated carbocycles. The van der Waals surface area contributed by atoms with E-state index in [2.05, 4.69) is 6.07 Å². The standard InChI is InChI=1S/C25H19NO3/c1-14-20(25(28)29-2)21(17-12-11-15-7-3-4-8-16(15)13-17)22-23(26-14)18-9-5-6-10-19(18)24(22)27/h3-13,20-21H,1-2H3/t20?,21-/m0/s1. The van der Waals surface area contributed by atoms with E-state index >= 15 is 0 Å². The largest absolute Gasteiger partial charge is 0.468 e. The summed E-state index contributed by atoms with van der Waals surface area (Å²) < 4.78 is 5.11. The quantitative estimate of drug-likeness (QED) is 0.600. The van der Waals surface area contributed by atoms with E-state index < -0.39 is 11.8 Å². The Morgan fingerprint density at radius 1 is 0.931 bits per heavy atom. The Morgan fingerprint density at radius 3 is 2.38 bits per heavy atom. The van der Waals surface area contributed by atoms with Crippen molar-refractivity contribution in [3.8, 4) is 0 Å². The van der Waals surface area contributed by atoms with Crippen LogP contribution in [0.25, 0.3) is 16.5 Å². The smallest absolute Gasteiger partial charge is 0.315 e. The number of carbonyl (C=O) groups excluding carboxylic acids is 2. The normalized spacial score (nSPS) is 20.3. The number of nitrogens with zero attached hydrogens (tertiary/aromatic N) is 1. The number of hydrogen-bond acceptors (Lipinski definition) is 4. The molecule has 142 valence electrons. The zero-order chi connectivity index (χ0) is 20.1. The molecule has 1 unspecified atom stereocenters. The Labute approximate surface area is 168 Å². The number of ketones is 1. The summed E-state index contributed by atoms with van der Waals surface area (Å²) in [5.74, 6) is -1.49. The number of ether oxygens (including phenoxy) is 1.